The number of benzene rings is 8. The molecule has 0 spiro atoms. The molecule has 0 amide bonds. The molecule has 0 saturated carbocycles. The zero-order valence-electron chi connectivity index (χ0n) is 33.2. The monoisotopic (exact) mass is 820 g/mol. The highest BCUT2D eigenvalue weighted by Crippen LogP contribution is 2.41. The van der Waals surface area contributed by atoms with Crippen LogP contribution in [0.5, 0.6) is 0 Å². The van der Waals surface area contributed by atoms with Gasteiger partial charge in [-0.25, -0.2) is 15.0 Å². The third-order valence-corrected chi connectivity index (χ3v) is 11.1. The summed E-state index contributed by atoms with van der Waals surface area (Å²) < 4.78 is 44.9. The molecule has 0 saturated heterocycles. The second-order valence-corrected chi connectivity index (χ2v) is 15.0. The maximum absolute atomic E-state index is 14.3. The lowest BCUT2D eigenvalue weighted by molar-refractivity contribution is -0.137. The van der Waals surface area contributed by atoms with Crippen LogP contribution in [0.1, 0.15) is 16.7 Å². The normalized spacial score (nSPS) is 11.4. The Hall–Kier alpha value is -8.66. The first-order chi connectivity index (χ1) is 30.7. The van der Waals surface area contributed by atoms with Crippen molar-refractivity contribution in [3.05, 3.63) is 205 Å². The summed E-state index contributed by atoms with van der Waals surface area (Å²) >= 11 is 0. The Morgan fingerprint density at radius 1 is 0.397 bits per heavy atom. The van der Waals surface area contributed by atoms with Crippen LogP contribution in [-0.2, 0) is 6.18 Å². The van der Waals surface area contributed by atoms with Crippen molar-refractivity contribution in [1.82, 2.24) is 19.5 Å². The molecule has 298 valence electrons. The van der Waals surface area contributed by atoms with Crippen molar-refractivity contribution in [2.24, 2.45) is 0 Å². The molecule has 6 nitrogen and oxygen atoms in total. The second kappa shape index (κ2) is 15.7. The largest absolute Gasteiger partial charge is 0.416 e. The van der Waals surface area contributed by atoms with Crippen LogP contribution >= 0.6 is 0 Å². The number of nitrogens with zero attached hydrogens (tertiary/aromatic N) is 6. The van der Waals surface area contributed by atoms with Crippen molar-refractivity contribution < 1.29 is 13.2 Å². The standard InChI is InChI=1S/C54H31F3N6/c55-54(56,57)43-19-9-18-42(28-43)45-25-22-44(31-48(45)53-61-51(36-12-3-1-4-13-36)60-52(62-53)37-14-5-2-6-15-37)63-49-29-40(38-16-7-10-34(26-38)32-58)20-23-46(49)47-24-21-41(30-50(47)63)39-17-8-11-35(27-39)33-59/h1-31H. The van der Waals surface area contributed by atoms with Gasteiger partial charge in [-0.3, -0.25) is 0 Å². The molecule has 9 heteroatoms. The lowest BCUT2D eigenvalue weighted by Crippen LogP contribution is -2.05. The van der Waals surface area contributed by atoms with Crippen LogP contribution in [0, 0.1) is 22.7 Å². The lowest BCUT2D eigenvalue weighted by atomic mass is 9.96. The van der Waals surface area contributed by atoms with Crippen molar-refractivity contribution in [2.75, 3.05) is 0 Å². The molecule has 0 unspecified atom stereocenters. The highest BCUT2D eigenvalue weighted by atomic mass is 19.4. The third-order valence-electron chi connectivity index (χ3n) is 11.1. The van der Waals surface area contributed by atoms with Gasteiger partial charge in [0.05, 0.1) is 39.9 Å². The first-order valence-electron chi connectivity index (χ1n) is 20.0. The second-order valence-electron chi connectivity index (χ2n) is 15.0. The van der Waals surface area contributed by atoms with Crippen LogP contribution in [0.2, 0.25) is 0 Å². The number of aromatic nitrogens is 4. The number of hydrogen-bond donors (Lipinski definition) is 0. The number of fused-ring (bicyclic) bond motifs is 3. The molecule has 10 rings (SSSR count). The minimum Gasteiger partial charge on any atom is -0.309 e. The molecule has 0 bridgehead atoms. The van der Waals surface area contributed by atoms with Crippen LogP contribution in [0.4, 0.5) is 13.2 Å². The Morgan fingerprint density at radius 2 is 0.873 bits per heavy atom. The van der Waals surface area contributed by atoms with Gasteiger partial charge in [-0.1, -0.05) is 127 Å². The minimum absolute atomic E-state index is 0.278. The van der Waals surface area contributed by atoms with E-state index in [2.05, 4.69) is 41.0 Å². The first kappa shape index (κ1) is 38.5. The summed E-state index contributed by atoms with van der Waals surface area (Å²) in [5.41, 5.74) is 9.08. The van der Waals surface area contributed by atoms with Crippen molar-refractivity contribution in [1.29, 1.82) is 10.5 Å². The number of hydrogen-bond acceptors (Lipinski definition) is 5. The van der Waals surface area contributed by atoms with Crippen molar-refractivity contribution in [2.45, 2.75) is 6.18 Å². The Balaban J connectivity index is 1.28. The van der Waals surface area contributed by atoms with Gasteiger partial charge in [-0.05, 0) is 94.0 Å². The molecule has 2 heterocycles. The van der Waals surface area contributed by atoms with E-state index in [9.17, 15) is 23.7 Å². The molecule has 63 heavy (non-hydrogen) atoms. The molecule has 0 radical (unpaired) electrons. The lowest BCUT2D eigenvalue weighted by Gasteiger charge is -2.17. The van der Waals surface area contributed by atoms with Gasteiger partial charge in [0.1, 0.15) is 0 Å². The van der Waals surface area contributed by atoms with Gasteiger partial charge in [0.15, 0.2) is 17.5 Å². The van der Waals surface area contributed by atoms with Crippen molar-refractivity contribution in [3.8, 4) is 85.4 Å². The van der Waals surface area contributed by atoms with E-state index in [-0.39, 0.29) is 5.82 Å². The average molecular weight is 821 g/mol. The molecular formula is C54H31F3N6. The van der Waals surface area contributed by atoms with E-state index in [0.717, 1.165) is 67.3 Å². The van der Waals surface area contributed by atoms with Crippen molar-refractivity contribution in [3.63, 3.8) is 0 Å². The van der Waals surface area contributed by atoms with Gasteiger partial charge in [0.2, 0.25) is 0 Å². The molecule has 0 aliphatic rings. The highest BCUT2D eigenvalue weighted by molar-refractivity contribution is 6.11. The first-order valence-corrected chi connectivity index (χ1v) is 20.0. The summed E-state index contributed by atoms with van der Waals surface area (Å²) in [4.78, 5) is 15.0. The SMILES string of the molecule is N#Cc1cccc(-c2ccc3c4ccc(-c5cccc(C#N)c5)cc4n(-c4ccc(-c5cccc(C(F)(F)F)c5)c(-c5nc(-c6ccccc6)nc(-c6ccccc6)n5)c4)c3c2)c1. The maximum Gasteiger partial charge on any atom is 0.416 e. The summed E-state index contributed by atoms with van der Waals surface area (Å²) in [6, 6.07) is 61.7. The molecule has 0 N–H and O–H groups in total. The summed E-state index contributed by atoms with van der Waals surface area (Å²) in [6.45, 7) is 0. The predicted octanol–water partition coefficient (Wildman–Crippen LogP) is 13.7. The minimum atomic E-state index is -4.57. The van der Waals surface area contributed by atoms with Gasteiger partial charge in [-0.2, -0.15) is 23.7 Å². The molecule has 0 aliphatic heterocycles. The third kappa shape index (κ3) is 7.35. The van der Waals surface area contributed by atoms with Gasteiger partial charge in [0.25, 0.3) is 0 Å². The summed E-state index contributed by atoms with van der Waals surface area (Å²) in [6.07, 6.45) is -4.57. The quantitative estimate of drug-likeness (QED) is 0.160. The van der Waals surface area contributed by atoms with E-state index in [0.29, 0.717) is 45.2 Å². The van der Waals surface area contributed by atoms with E-state index >= 15 is 0 Å². The van der Waals surface area contributed by atoms with E-state index in [1.165, 1.54) is 6.07 Å². The molecule has 2 aromatic heterocycles. The molecule has 8 aromatic carbocycles. The maximum atomic E-state index is 14.3. The number of alkyl halides is 3. The fourth-order valence-corrected chi connectivity index (χ4v) is 8.09. The van der Waals surface area contributed by atoms with E-state index in [4.69, 9.17) is 15.0 Å². The van der Waals surface area contributed by atoms with E-state index in [1.807, 2.05) is 127 Å². The molecule has 10 aromatic rings. The summed E-state index contributed by atoms with van der Waals surface area (Å²) in [5.74, 6) is 1.09. The Labute approximate surface area is 360 Å². The van der Waals surface area contributed by atoms with Crippen LogP contribution in [-0.4, -0.2) is 19.5 Å². The number of nitriles is 2. The highest BCUT2D eigenvalue weighted by Gasteiger charge is 2.31. The van der Waals surface area contributed by atoms with Gasteiger partial charge >= 0.3 is 6.18 Å². The van der Waals surface area contributed by atoms with E-state index < -0.39 is 11.7 Å². The molecule has 0 aliphatic carbocycles. The van der Waals surface area contributed by atoms with Crippen molar-refractivity contribution >= 4 is 21.8 Å². The van der Waals surface area contributed by atoms with Crippen LogP contribution < -0.4 is 0 Å². The Bertz CT molecular complexity index is 3300. The Kier molecular flexibility index (Phi) is 9.63. The summed E-state index contributed by atoms with van der Waals surface area (Å²) in [5, 5.41) is 21.4. The average Bonchev–Trinajstić information content (AvgIpc) is 3.67. The molecule has 0 atom stereocenters. The van der Waals surface area contributed by atoms with Crippen LogP contribution in [0.25, 0.3) is 95.0 Å². The van der Waals surface area contributed by atoms with Gasteiger partial charge in [0, 0.05) is 33.2 Å². The Morgan fingerprint density at radius 3 is 1.40 bits per heavy atom. The number of halogens is 3. The fraction of sp³-hybridized carbons (Fsp3) is 0.0185. The van der Waals surface area contributed by atoms with Gasteiger partial charge in [-0.15, -0.1) is 0 Å². The number of rotatable bonds is 7. The zero-order valence-corrected chi connectivity index (χ0v) is 33.2. The topological polar surface area (TPSA) is 91.2 Å². The van der Waals surface area contributed by atoms with Crippen LogP contribution in [0.3, 0.4) is 0 Å². The van der Waals surface area contributed by atoms with Gasteiger partial charge < -0.3 is 4.57 Å². The zero-order chi connectivity index (χ0) is 43.1. The summed E-state index contributed by atoms with van der Waals surface area (Å²) in [7, 11) is 0. The fourth-order valence-electron chi connectivity index (χ4n) is 8.09. The van der Waals surface area contributed by atoms with Crippen LogP contribution in [0.15, 0.2) is 188 Å². The molecular weight excluding hydrogens is 790 g/mol. The predicted molar refractivity (Wildman–Crippen MR) is 241 cm³/mol. The van der Waals surface area contributed by atoms with E-state index in [1.54, 1.807) is 18.2 Å². The smallest absolute Gasteiger partial charge is 0.309 e. The molecule has 0 fully saturated rings.